The number of phenolic OH excluding ortho intramolecular Hbond substituents is 1. The summed E-state index contributed by atoms with van der Waals surface area (Å²) in [5, 5.41) is 12.8. The van der Waals surface area contributed by atoms with Gasteiger partial charge in [-0.3, -0.25) is 0 Å². The third-order valence-corrected chi connectivity index (χ3v) is 3.49. The SMILES string of the molecule is COC(=O)C(Nc1ccccc1C)c1ccc(O)c(Cl)c1. The summed E-state index contributed by atoms with van der Waals surface area (Å²) in [5.74, 6) is -0.458. The largest absolute Gasteiger partial charge is 0.506 e. The van der Waals surface area contributed by atoms with Gasteiger partial charge in [0, 0.05) is 5.69 Å². The molecule has 0 aliphatic carbocycles. The van der Waals surface area contributed by atoms with Crippen LogP contribution >= 0.6 is 11.6 Å². The van der Waals surface area contributed by atoms with E-state index in [2.05, 4.69) is 5.32 Å². The standard InChI is InChI=1S/C16H16ClNO3/c1-10-5-3-4-6-13(10)18-15(16(20)21-2)11-7-8-14(19)12(17)9-11/h3-9,15,18-19H,1-2H3. The van der Waals surface area contributed by atoms with Crippen LogP contribution in [0.4, 0.5) is 5.69 Å². The van der Waals surface area contributed by atoms with E-state index in [0.29, 0.717) is 5.56 Å². The van der Waals surface area contributed by atoms with Crippen molar-refractivity contribution >= 4 is 23.3 Å². The van der Waals surface area contributed by atoms with E-state index < -0.39 is 12.0 Å². The molecule has 5 heteroatoms. The number of ether oxygens (including phenoxy) is 1. The molecule has 2 N–H and O–H groups in total. The number of hydrogen-bond donors (Lipinski definition) is 2. The molecule has 0 heterocycles. The zero-order valence-corrected chi connectivity index (χ0v) is 12.5. The Hall–Kier alpha value is -2.20. The lowest BCUT2D eigenvalue weighted by molar-refractivity contribution is -0.141. The van der Waals surface area contributed by atoms with E-state index in [1.807, 2.05) is 31.2 Å². The second kappa shape index (κ2) is 6.50. The Bertz CT molecular complexity index is 658. The smallest absolute Gasteiger partial charge is 0.332 e. The Labute approximate surface area is 128 Å². The lowest BCUT2D eigenvalue weighted by Crippen LogP contribution is -2.22. The van der Waals surface area contributed by atoms with Crippen molar-refractivity contribution in [3.63, 3.8) is 0 Å². The number of methoxy groups -OCH3 is 1. The summed E-state index contributed by atoms with van der Waals surface area (Å²) >= 11 is 5.91. The molecule has 0 fully saturated rings. The summed E-state index contributed by atoms with van der Waals surface area (Å²) < 4.78 is 4.84. The molecule has 2 aromatic rings. The topological polar surface area (TPSA) is 58.6 Å². The van der Waals surface area contributed by atoms with Gasteiger partial charge in [0.15, 0.2) is 6.04 Å². The Kier molecular flexibility index (Phi) is 4.70. The predicted octanol–water partition coefficient (Wildman–Crippen LogP) is 3.68. The number of nitrogens with one attached hydrogen (secondary N) is 1. The highest BCUT2D eigenvalue weighted by Gasteiger charge is 2.22. The summed E-state index contributed by atoms with van der Waals surface area (Å²) in [6.45, 7) is 1.94. The van der Waals surface area contributed by atoms with Gasteiger partial charge in [0.1, 0.15) is 5.75 Å². The molecule has 0 bridgehead atoms. The molecular weight excluding hydrogens is 290 g/mol. The fraction of sp³-hybridized carbons (Fsp3) is 0.188. The molecule has 0 aromatic heterocycles. The normalized spacial score (nSPS) is 11.8. The molecule has 0 saturated carbocycles. The first-order chi connectivity index (χ1) is 10.0. The minimum Gasteiger partial charge on any atom is -0.506 e. The zero-order valence-electron chi connectivity index (χ0n) is 11.8. The lowest BCUT2D eigenvalue weighted by Gasteiger charge is -2.19. The maximum Gasteiger partial charge on any atom is 0.332 e. The van der Waals surface area contributed by atoms with E-state index in [0.717, 1.165) is 11.3 Å². The molecule has 4 nitrogen and oxygen atoms in total. The number of rotatable bonds is 4. The maximum atomic E-state index is 12.0. The average Bonchev–Trinajstić information content (AvgIpc) is 2.48. The molecule has 0 aliphatic rings. The highest BCUT2D eigenvalue weighted by Crippen LogP contribution is 2.29. The van der Waals surface area contributed by atoms with Crippen LogP contribution in [0.2, 0.25) is 5.02 Å². The molecule has 2 rings (SSSR count). The number of anilines is 1. The fourth-order valence-corrected chi connectivity index (χ4v) is 2.18. The van der Waals surface area contributed by atoms with E-state index in [-0.39, 0.29) is 10.8 Å². The van der Waals surface area contributed by atoms with E-state index in [1.54, 1.807) is 12.1 Å². The van der Waals surface area contributed by atoms with E-state index in [4.69, 9.17) is 16.3 Å². The van der Waals surface area contributed by atoms with Crippen LogP contribution in [0.15, 0.2) is 42.5 Å². The van der Waals surface area contributed by atoms with E-state index >= 15 is 0 Å². The monoisotopic (exact) mass is 305 g/mol. The van der Waals surface area contributed by atoms with Gasteiger partial charge < -0.3 is 15.2 Å². The van der Waals surface area contributed by atoms with Crippen molar-refractivity contribution in [2.75, 3.05) is 12.4 Å². The molecule has 0 amide bonds. The molecule has 1 unspecified atom stereocenters. The van der Waals surface area contributed by atoms with Crippen LogP contribution in [0.1, 0.15) is 17.2 Å². The number of carbonyl (C=O) groups is 1. The molecular formula is C16H16ClNO3. The fourth-order valence-electron chi connectivity index (χ4n) is 1.99. The molecule has 110 valence electrons. The van der Waals surface area contributed by atoms with Gasteiger partial charge in [-0.2, -0.15) is 0 Å². The van der Waals surface area contributed by atoms with Crippen molar-refractivity contribution in [1.82, 2.24) is 0 Å². The first-order valence-corrected chi connectivity index (χ1v) is 6.79. The average molecular weight is 306 g/mol. The summed E-state index contributed by atoms with van der Waals surface area (Å²) in [4.78, 5) is 12.0. The van der Waals surface area contributed by atoms with Crippen LogP contribution < -0.4 is 5.32 Å². The Morgan fingerprint density at radius 2 is 2.00 bits per heavy atom. The predicted molar refractivity (Wildman–Crippen MR) is 82.7 cm³/mol. The van der Waals surface area contributed by atoms with Crippen molar-refractivity contribution in [2.24, 2.45) is 0 Å². The minimum atomic E-state index is -0.700. The summed E-state index contributed by atoms with van der Waals surface area (Å²) in [5.41, 5.74) is 2.46. The van der Waals surface area contributed by atoms with Crippen LogP contribution in [0.5, 0.6) is 5.75 Å². The van der Waals surface area contributed by atoms with Crippen molar-refractivity contribution < 1.29 is 14.6 Å². The number of phenols is 1. The van der Waals surface area contributed by atoms with Crippen molar-refractivity contribution in [1.29, 1.82) is 0 Å². The Morgan fingerprint density at radius 1 is 1.29 bits per heavy atom. The summed E-state index contributed by atoms with van der Waals surface area (Å²) in [6, 6.07) is 11.6. The molecule has 2 aromatic carbocycles. The van der Waals surface area contributed by atoms with Crippen LogP contribution in [0.25, 0.3) is 0 Å². The molecule has 21 heavy (non-hydrogen) atoms. The molecule has 1 atom stereocenters. The first kappa shape index (κ1) is 15.2. The van der Waals surface area contributed by atoms with E-state index in [1.165, 1.54) is 13.2 Å². The number of aryl methyl sites for hydroxylation is 1. The lowest BCUT2D eigenvalue weighted by atomic mass is 10.1. The van der Waals surface area contributed by atoms with Gasteiger partial charge in [-0.25, -0.2) is 4.79 Å². The number of esters is 1. The molecule has 0 spiro atoms. The van der Waals surface area contributed by atoms with Gasteiger partial charge >= 0.3 is 5.97 Å². The Morgan fingerprint density at radius 3 is 2.62 bits per heavy atom. The van der Waals surface area contributed by atoms with Crippen molar-refractivity contribution in [3.05, 3.63) is 58.6 Å². The number of hydrogen-bond acceptors (Lipinski definition) is 4. The summed E-state index contributed by atoms with van der Waals surface area (Å²) in [6.07, 6.45) is 0. The molecule has 0 radical (unpaired) electrons. The molecule has 0 saturated heterocycles. The van der Waals surface area contributed by atoms with Crippen LogP contribution in [0, 0.1) is 6.92 Å². The van der Waals surface area contributed by atoms with Crippen LogP contribution in [0.3, 0.4) is 0 Å². The molecule has 0 aliphatic heterocycles. The number of para-hydroxylation sites is 1. The number of aromatic hydroxyl groups is 1. The second-order valence-corrected chi connectivity index (χ2v) is 5.03. The Balaban J connectivity index is 2.37. The zero-order chi connectivity index (χ0) is 15.4. The van der Waals surface area contributed by atoms with Crippen molar-refractivity contribution in [3.8, 4) is 5.75 Å². The number of benzene rings is 2. The quantitative estimate of drug-likeness (QED) is 0.846. The van der Waals surface area contributed by atoms with Gasteiger partial charge in [-0.1, -0.05) is 35.9 Å². The van der Waals surface area contributed by atoms with Crippen LogP contribution in [-0.2, 0) is 9.53 Å². The highest BCUT2D eigenvalue weighted by molar-refractivity contribution is 6.32. The van der Waals surface area contributed by atoms with Gasteiger partial charge in [0.05, 0.1) is 12.1 Å². The van der Waals surface area contributed by atoms with Crippen molar-refractivity contribution in [2.45, 2.75) is 13.0 Å². The minimum absolute atomic E-state index is 0.0278. The van der Waals surface area contributed by atoms with Gasteiger partial charge in [-0.15, -0.1) is 0 Å². The highest BCUT2D eigenvalue weighted by atomic mass is 35.5. The summed E-state index contributed by atoms with van der Waals surface area (Å²) in [7, 11) is 1.33. The van der Waals surface area contributed by atoms with Crippen LogP contribution in [-0.4, -0.2) is 18.2 Å². The van der Waals surface area contributed by atoms with Gasteiger partial charge in [0.2, 0.25) is 0 Å². The number of carbonyl (C=O) groups excluding carboxylic acids is 1. The van der Waals surface area contributed by atoms with Gasteiger partial charge in [0.25, 0.3) is 0 Å². The third-order valence-electron chi connectivity index (χ3n) is 3.19. The maximum absolute atomic E-state index is 12.0. The first-order valence-electron chi connectivity index (χ1n) is 6.41. The third kappa shape index (κ3) is 3.47. The number of halogens is 1. The van der Waals surface area contributed by atoms with Gasteiger partial charge in [-0.05, 0) is 36.2 Å². The second-order valence-electron chi connectivity index (χ2n) is 4.63. The van der Waals surface area contributed by atoms with E-state index in [9.17, 15) is 9.90 Å².